The van der Waals surface area contributed by atoms with E-state index in [0.717, 1.165) is 27.7 Å². The van der Waals surface area contributed by atoms with E-state index < -0.39 is 5.34 Å². The van der Waals surface area contributed by atoms with Crippen LogP contribution in [-0.4, -0.2) is 41.3 Å². The van der Waals surface area contributed by atoms with Crippen LogP contribution < -0.4 is 0 Å². The normalized spacial score (nSPS) is 15.0. The molecule has 0 aliphatic carbocycles. The zero-order valence-corrected chi connectivity index (χ0v) is 17.1. The van der Waals surface area contributed by atoms with Crippen LogP contribution in [0.5, 0.6) is 0 Å². The van der Waals surface area contributed by atoms with E-state index in [-0.39, 0.29) is 18.3 Å². The van der Waals surface area contributed by atoms with E-state index in [4.69, 9.17) is 0 Å². The van der Waals surface area contributed by atoms with E-state index in [1.54, 1.807) is 34.0 Å². The molecule has 0 saturated carbocycles. The Bertz CT molecular complexity index is 1320. The standard InChI is InChI=1S/C22H19B2FN4O/c1-28-11-16-7-5-14(10-19(16)27-28)13-4-6-15(18(25)9-13)12-29-21(30)17-3-2-8-26-20(17)22(29,23)24/h2-11H,12,23-24H2,1H3. The molecule has 0 unspecified atom stereocenters. The third-order valence-electron chi connectivity index (χ3n) is 5.87. The Morgan fingerprint density at radius 2 is 1.87 bits per heavy atom. The summed E-state index contributed by atoms with van der Waals surface area (Å²) in [5.74, 6) is -0.451. The fraction of sp³-hybridized carbons (Fsp3) is 0.136. The maximum absolute atomic E-state index is 15.0. The fourth-order valence-electron chi connectivity index (χ4n) is 4.21. The summed E-state index contributed by atoms with van der Waals surface area (Å²) in [7, 11) is 5.76. The van der Waals surface area contributed by atoms with Gasteiger partial charge in [-0.15, -0.1) is 0 Å². The monoisotopic (exact) mass is 396 g/mol. The van der Waals surface area contributed by atoms with Crippen LogP contribution in [0.25, 0.3) is 22.0 Å². The number of aromatic nitrogens is 3. The molecule has 1 aliphatic rings. The van der Waals surface area contributed by atoms with E-state index in [9.17, 15) is 4.79 Å². The van der Waals surface area contributed by atoms with Gasteiger partial charge in [0.1, 0.15) is 21.5 Å². The SMILES string of the molecule is BC1(B)c2ncccc2C(=O)N1Cc1ccc(-c2ccc3cn(C)nc3c2)cc1F. The summed E-state index contributed by atoms with van der Waals surface area (Å²) in [5.41, 5.74) is 4.35. The van der Waals surface area contributed by atoms with Gasteiger partial charge in [-0.05, 0) is 35.4 Å². The van der Waals surface area contributed by atoms with Crippen molar-refractivity contribution in [2.45, 2.75) is 11.9 Å². The van der Waals surface area contributed by atoms with Crippen molar-refractivity contribution in [1.29, 1.82) is 0 Å². The molecule has 0 saturated heterocycles. The van der Waals surface area contributed by atoms with Gasteiger partial charge < -0.3 is 4.90 Å². The molecule has 30 heavy (non-hydrogen) atoms. The Labute approximate surface area is 175 Å². The Balaban J connectivity index is 1.46. The second-order valence-corrected chi connectivity index (χ2v) is 8.23. The van der Waals surface area contributed by atoms with Gasteiger partial charge in [-0.25, -0.2) is 4.39 Å². The summed E-state index contributed by atoms with van der Waals surface area (Å²) in [6.45, 7) is 0.188. The third kappa shape index (κ3) is 2.83. The number of hydrogen-bond acceptors (Lipinski definition) is 3. The summed E-state index contributed by atoms with van der Waals surface area (Å²) in [4.78, 5) is 19.0. The predicted octanol–water partition coefficient (Wildman–Crippen LogP) is 1.81. The van der Waals surface area contributed by atoms with Gasteiger partial charge in [-0.2, -0.15) is 5.10 Å². The number of amides is 1. The number of hydrogen-bond donors (Lipinski definition) is 0. The van der Waals surface area contributed by atoms with Crippen molar-refractivity contribution in [2.24, 2.45) is 7.05 Å². The first kappa shape index (κ1) is 18.6. The van der Waals surface area contributed by atoms with E-state index in [1.165, 1.54) is 6.07 Å². The topological polar surface area (TPSA) is 51.0 Å². The van der Waals surface area contributed by atoms with E-state index in [0.29, 0.717) is 11.1 Å². The van der Waals surface area contributed by atoms with Gasteiger partial charge >= 0.3 is 0 Å². The predicted molar refractivity (Wildman–Crippen MR) is 119 cm³/mol. The van der Waals surface area contributed by atoms with Crippen LogP contribution in [0.2, 0.25) is 0 Å². The lowest BCUT2D eigenvalue weighted by Gasteiger charge is -2.32. The maximum Gasteiger partial charge on any atom is 0.255 e. The number of aryl methyl sites for hydroxylation is 1. The maximum atomic E-state index is 15.0. The molecule has 1 aliphatic heterocycles. The van der Waals surface area contributed by atoms with E-state index >= 15 is 4.39 Å². The first-order valence-electron chi connectivity index (χ1n) is 9.84. The lowest BCUT2D eigenvalue weighted by atomic mass is 9.59. The van der Waals surface area contributed by atoms with Crippen molar-refractivity contribution >= 4 is 32.5 Å². The highest BCUT2D eigenvalue weighted by Gasteiger charge is 2.43. The highest BCUT2D eigenvalue weighted by atomic mass is 19.1. The summed E-state index contributed by atoms with van der Waals surface area (Å²) in [5, 5.41) is 4.87. The average Bonchev–Trinajstić information content (AvgIpc) is 3.19. The lowest BCUT2D eigenvalue weighted by Crippen LogP contribution is -2.44. The van der Waals surface area contributed by atoms with Crippen molar-refractivity contribution in [3.8, 4) is 11.1 Å². The summed E-state index contributed by atoms with van der Waals surface area (Å²) < 4.78 is 16.8. The van der Waals surface area contributed by atoms with Crippen LogP contribution in [0.1, 0.15) is 21.6 Å². The lowest BCUT2D eigenvalue weighted by molar-refractivity contribution is 0.0729. The number of rotatable bonds is 3. The minimum atomic E-state index is -0.594. The molecule has 8 heteroatoms. The highest BCUT2D eigenvalue weighted by molar-refractivity contribution is 6.42. The van der Waals surface area contributed by atoms with Crippen LogP contribution in [0.3, 0.4) is 0 Å². The third-order valence-corrected chi connectivity index (χ3v) is 5.87. The smallest absolute Gasteiger partial charge is 0.255 e. The van der Waals surface area contributed by atoms with E-state index in [1.807, 2.05) is 53.2 Å². The molecule has 3 heterocycles. The number of carbonyl (C=O) groups is 1. The number of nitrogens with zero attached hydrogens (tertiary/aromatic N) is 4. The minimum absolute atomic E-state index is 0.118. The first-order chi connectivity index (χ1) is 14.3. The van der Waals surface area contributed by atoms with Crippen LogP contribution in [0.15, 0.2) is 60.9 Å². The fourth-order valence-corrected chi connectivity index (χ4v) is 4.21. The second kappa shape index (κ2) is 6.55. The van der Waals surface area contributed by atoms with Crippen LogP contribution >= 0.6 is 0 Å². The number of benzene rings is 2. The zero-order valence-electron chi connectivity index (χ0n) is 17.1. The van der Waals surface area contributed by atoms with Gasteiger partial charge in [-0.1, -0.05) is 24.3 Å². The molecule has 0 N–H and O–H groups in total. The number of fused-ring (bicyclic) bond motifs is 2. The van der Waals surface area contributed by atoms with Crippen molar-refractivity contribution in [3.05, 3.63) is 83.6 Å². The zero-order chi connectivity index (χ0) is 21.0. The summed E-state index contributed by atoms with van der Waals surface area (Å²) in [6.07, 6.45) is 3.63. The minimum Gasteiger partial charge on any atom is -0.339 e. The van der Waals surface area contributed by atoms with Gasteiger partial charge in [-0.3, -0.25) is 14.5 Å². The molecular formula is C22H19B2FN4O. The summed E-state index contributed by atoms with van der Waals surface area (Å²) in [6, 6.07) is 14.6. The van der Waals surface area contributed by atoms with Gasteiger partial charge in [0.05, 0.1) is 16.8 Å². The van der Waals surface area contributed by atoms with Crippen molar-refractivity contribution < 1.29 is 9.18 Å². The molecule has 0 spiro atoms. The molecule has 0 radical (unpaired) electrons. The van der Waals surface area contributed by atoms with Crippen LogP contribution in [0, 0.1) is 5.82 Å². The van der Waals surface area contributed by atoms with Gasteiger partial charge in [0.15, 0.2) is 0 Å². The van der Waals surface area contributed by atoms with Crippen LogP contribution in [0.4, 0.5) is 4.39 Å². The quantitative estimate of drug-likeness (QED) is 0.497. The molecule has 0 bridgehead atoms. The average molecular weight is 396 g/mol. The molecular weight excluding hydrogens is 377 g/mol. The molecule has 0 fully saturated rings. The Hall–Kier alpha value is -3.41. The van der Waals surface area contributed by atoms with Crippen molar-refractivity contribution in [2.75, 3.05) is 0 Å². The van der Waals surface area contributed by atoms with Crippen molar-refractivity contribution in [3.63, 3.8) is 0 Å². The molecule has 5 rings (SSSR count). The Kier molecular flexibility index (Phi) is 4.07. The molecule has 2 aromatic heterocycles. The highest BCUT2D eigenvalue weighted by Crippen LogP contribution is 2.35. The molecule has 0 atom stereocenters. The largest absolute Gasteiger partial charge is 0.339 e. The summed E-state index contributed by atoms with van der Waals surface area (Å²) >= 11 is 0. The number of carbonyl (C=O) groups excluding carboxylic acids is 1. The molecule has 146 valence electrons. The number of halogens is 1. The molecule has 2 aromatic carbocycles. The Morgan fingerprint density at radius 3 is 2.63 bits per heavy atom. The molecule has 1 amide bonds. The second-order valence-electron chi connectivity index (χ2n) is 8.23. The Morgan fingerprint density at radius 1 is 1.10 bits per heavy atom. The molecule has 4 aromatic rings. The molecule has 5 nitrogen and oxygen atoms in total. The van der Waals surface area contributed by atoms with Gasteiger partial charge in [0.25, 0.3) is 5.91 Å². The van der Waals surface area contributed by atoms with Gasteiger partial charge in [0.2, 0.25) is 0 Å². The first-order valence-corrected chi connectivity index (χ1v) is 9.84. The van der Waals surface area contributed by atoms with Gasteiger partial charge in [0, 0.05) is 42.3 Å². The number of pyridine rings is 1. The van der Waals surface area contributed by atoms with Crippen molar-refractivity contribution in [1.82, 2.24) is 19.7 Å². The van der Waals surface area contributed by atoms with Crippen LogP contribution in [-0.2, 0) is 18.9 Å². The van der Waals surface area contributed by atoms with E-state index in [2.05, 4.69) is 10.1 Å².